The molecule has 88 valence electrons. The molecule has 0 aliphatic carbocycles. The summed E-state index contributed by atoms with van der Waals surface area (Å²) >= 11 is 13.7. The minimum Gasteiger partial charge on any atom is -0.346 e. The summed E-state index contributed by atoms with van der Waals surface area (Å²) in [6.07, 6.45) is 0. The molecule has 0 atom stereocenters. The SMILES string of the molecule is Cl.N=C1SCCN1Cc1c(Cl)cccc1Cl. The van der Waals surface area contributed by atoms with Gasteiger partial charge >= 0.3 is 0 Å². The maximum absolute atomic E-state index is 7.70. The summed E-state index contributed by atoms with van der Waals surface area (Å²) in [5.41, 5.74) is 0.910. The van der Waals surface area contributed by atoms with Gasteiger partial charge in [-0.1, -0.05) is 41.0 Å². The molecule has 1 aliphatic rings. The maximum Gasteiger partial charge on any atom is 0.156 e. The fourth-order valence-electron chi connectivity index (χ4n) is 1.47. The number of halogens is 3. The third kappa shape index (κ3) is 2.98. The van der Waals surface area contributed by atoms with E-state index in [0.717, 1.165) is 17.9 Å². The molecule has 1 heterocycles. The van der Waals surface area contributed by atoms with Crippen LogP contribution >= 0.6 is 47.4 Å². The van der Waals surface area contributed by atoms with Gasteiger partial charge in [-0.3, -0.25) is 5.41 Å². The summed E-state index contributed by atoms with van der Waals surface area (Å²) in [5, 5.41) is 9.65. The number of hydrogen-bond acceptors (Lipinski definition) is 2. The quantitative estimate of drug-likeness (QED) is 0.896. The Morgan fingerprint density at radius 1 is 1.31 bits per heavy atom. The molecule has 0 unspecified atom stereocenters. The fraction of sp³-hybridized carbons (Fsp3) is 0.300. The molecule has 0 amide bonds. The van der Waals surface area contributed by atoms with Crippen LogP contribution in [0.2, 0.25) is 10.0 Å². The first-order chi connectivity index (χ1) is 7.18. The molecular weight excluding hydrogens is 287 g/mol. The Bertz CT molecular complexity index is 377. The molecule has 1 saturated heterocycles. The molecular formula is C10H11Cl3N2S. The van der Waals surface area contributed by atoms with Gasteiger partial charge in [-0.25, -0.2) is 0 Å². The molecule has 1 aromatic rings. The highest BCUT2D eigenvalue weighted by atomic mass is 35.5. The van der Waals surface area contributed by atoms with Gasteiger partial charge in [0.25, 0.3) is 0 Å². The van der Waals surface area contributed by atoms with Gasteiger partial charge in [0.1, 0.15) is 0 Å². The zero-order valence-electron chi connectivity index (χ0n) is 8.37. The number of rotatable bonds is 2. The summed E-state index contributed by atoms with van der Waals surface area (Å²) in [6.45, 7) is 1.52. The smallest absolute Gasteiger partial charge is 0.156 e. The normalized spacial score (nSPS) is 15.1. The van der Waals surface area contributed by atoms with Crippen LogP contribution in [0.5, 0.6) is 0 Å². The van der Waals surface area contributed by atoms with E-state index in [1.165, 1.54) is 0 Å². The molecule has 0 radical (unpaired) electrons. The van der Waals surface area contributed by atoms with Gasteiger partial charge in [0.15, 0.2) is 5.17 Å². The van der Waals surface area contributed by atoms with Gasteiger partial charge in [-0.2, -0.15) is 0 Å². The highest BCUT2D eigenvalue weighted by Gasteiger charge is 2.19. The van der Waals surface area contributed by atoms with Crippen LogP contribution in [-0.4, -0.2) is 22.4 Å². The number of thioether (sulfide) groups is 1. The predicted octanol–water partition coefficient (Wildman–Crippen LogP) is 3.90. The van der Waals surface area contributed by atoms with E-state index < -0.39 is 0 Å². The molecule has 0 aromatic heterocycles. The third-order valence-electron chi connectivity index (χ3n) is 2.30. The summed E-state index contributed by atoms with van der Waals surface area (Å²) in [6, 6.07) is 5.49. The number of nitrogens with zero attached hydrogens (tertiary/aromatic N) is 1. The highest BCUT2D eigenvalue weighted by Crippen LogP contribution is 2.28. The topological polar surface area (TPSA) is 27.1 Å². The van der Waals surface area contributed by atoms with E-state index >= 15 is 0 Å². The number of hydrogen-bond donors (Lipinski definition) is 1. The number of nitrogens with one attached hydrogen (secondary N) is 1. The molecule has 2 nitrogen and oxygen atoms in total. The van der Waals surface area contributed by atoms with Gasteiger partial charge < -0.3 is 4.90 Å². The lowest BCUT2D eigenvalue weighted by Crippen LogP contribution is -2.23. The van der Waals surface area contributed by atoms with Gasteiger partial charge in [-0.05, 0) is 12.1 Å². The molecule has 0 saturated carbocycles. The molecule has 1 aromatic carbocycles. The van der Waals surface area contributed by atoms with Crippen LogP contribution in [0.3, 0.4) is 0 Å². The second-order valence-electron chi connectivity index (χ2n) is 3.28. The van der Waals surface area contributed by atoms with Crippen LogP contribution in [0.1, 0.15) is 5.56 Å². The number of amidine groups is 1. The van der Waals surface area contributed by atoms with Crippen molar-refractivity contribution in [1.29, 1.82) is 5.41 Å². The third-order valence-corrected chi connectivity index (χ3v) is 3.92. The molecule has 0 spiro atoms. The summed E-state index contributed by atoms with van der Waals surface area (Å²) in [5.74, 6) is 0.973. The van der Waals surface area contributed by atoms with Crippen LogP contribution in [0.15, 0.2) is 18.2 Å². The van der Waals surface area contributed by atoms with Gasteiger partial charge in [-0.15, -0.1) is 12.4 Å². The van der Waals surface area contributed by atoms with Gasteiger partial charge in [0.2, 0.25) is 0 Å². The van der Waals surface area contributed by atoms with Crippen molar-refractivity contribution in [3.8, 4) is 0 Å². The molecule has 16 heavy (non-hydrogen) atoms. The minimum atomic E-state index is 0. The van der Waals surface area contributed by atoms with Crippen LogP contribution < -0.4 is 0 Å². The van der Waals surface area contributed by atoms with Crippen molar-refractivity contribution in [3.05, 3.63) is 33.8 Å². The van der Waals surface area contributed by atoms with Gasteiger partial charge in [0, 0.05) is 34.5 Å². The molecule has 2 rings (SSSR count). The Labute approximate surface area is 115 Å². The van der Waals surface area contributed by atoms with E-state index in [2.05, 4.69) is 0 Å². The van der Waals surface area contributed by atoms with E-state index in [9.17, 15) is 0 Å². The van der Waals surface area contributed by atoms with Crippen molar-refractivity contribution < 1.29 is 0 Å². The van der Waals surface area contributed by atoms with Crippen molar-refractivity contribution in [2.75, 3.05) is 12.3 Å². The minimum absolute atomic E-state index is 0. The molecule has 0 bridgehead atoms. The average Bonchev–Trinajstić information content (AvgIpc) is 2.58. The Kier molecular flexibility index (Phi) is 5.25. The lowest BCUT2D eigenvalue weighted by molar-refractivity contribution is 0.455. The lowest BCUT2D eigenvalue weighted by atomic mass is 10.2. The molecule has 1 fully saturated rings. The Morgan fingerprint density at radius 3 is 2.44 bits per heavy atom. The monoisotopic (exact) mass is 296 g/mol. The van der Waals surface area contributed by atoms with Crippen molar-refractivity contribution >= 4 is 52.5 Å². The predicted molar refractivity (Wildman–Crippen MR) is 74.3 cm³/mol. The average molecular weight is 298 g/mol. The van der Waals surface area contributed by atoms with E-state index in [-0.39, 0.29) is 12.4 Å². The van der Waals surface area contributed by atoms with Crippen molar-refractivity contribution in [2.24, 2.45) is 0 Å². The van der Waals surface area contributed by atoms with Crippen LogP contribution in [-0.2, 0) is 6.54 Å². The van der Waals surface area contributed by atoms with E-state index in [1.807, 2.05) is 23.1 Å². The Morgan fingerprint density at radius 2 is 1.94 bits per heavy atom. The van der Waals surface area contributed by atoms with Crippen LogP contribution in [0.4, 0.5) is 0 Å². The number of benzene rings is 1. The van der Waals surface area contributed by atoms with Gasteiger partial charge in [0.05, 0.1) is 0 Å². The first-order valence-corrected chi connectivity index (χ1v) is 6.32. The summed E-state index contributed by atoms with van der Waals surface area (Å²) in [4.78, 5) is 1.98. The standard InChI is InChI=1S/C10H10Cl2N2S.ClH/c11-8-2-1-3-9(12)7(8)6-14-4-5-15-10(14)13;/h1-3,13H,4-6H2;1H. The van der Waals surface area contributed by atoms with Crippen molar-refractivity contribution in [3.63, 3.8) is 0 Å². The first-order valence-electron chi connectivity index (χ1n) is 4.57. The van der Waals surface area contributed by atoms with Crippen LogP contribution in [0.25, 0.3) is 0 Å². The largest absolute Gasteiger partial charge is 0.346 e. The van der Waals surface area contributed by atoms with Crippen molar-refractivity contribution in [2.45, 2.75) is 6.54 Å². The maximum atomic E-state index is 7.70. The second kappa shape index (κ2) is 6.01. The molecule has 6 heteroatoms. The van der Waals surface area contributed by atoms with Crippen molar-refractivity contribution in [1.82, 2.24) is 4.90 Å². The summed E-state index contributed by atoms with van der Waals surface area (Å²) in [7, 11) is 0. The van der Waals surface area contributed by atoms with E-state index in [4.69, 9.17) is 28.6 Å². The zero-order chi connectivity index (χ0) is 10.8. The Balaban J connectivity index is 0.00000128. The highest BCUT2D eigenvalue weighted by molar-refractivity contribution is 8.14. The van der Waals surface area contributed by atoms with E-state index in [1.54, 1.807) is 11.8 Å². The summed E-state index contributed by atoms with van der Waals surface area (Å²) < 4.78 is 0. The van der Waals surface area contributed by atoms with E-state index in [0.29, 0.717) is 21.8 Å². The lowest BCUT2D eigenvalue weighted by Gasteiger charge is -2.18. The zero-order valence-corrected chi connectivity index (χ0v) is 11.5. The first kappa shape index (κ1) is 14.0. The second-order valence-corrected chi connectivity index (χ2v) is 5.17. The van der Waals surface area contributed by atoms with Crippen LogP contribution in [0, 0.1) is 5.41 Å². The fourth-order valence-corrected chi connectivity index (χ4v) is 2.83. The Hall–Kier alpha value is -0.0900. The molecule has 1 aliphatic heterocycles. The molecule has 1 N–H and O–H groups in total.